The van der Waals surface area contributed by atoms with Gasteiger partial charge in [0.05, 0.1) is 5.56 Å². The number of aromatic nitrogens is 1. The molecule has 1 saturated heterocycles. The molecule has 4 heterocycles. The van der Waals surface area contributed by atoms with E-state index in [2.05, 4.69) is 0 Å². The molecule has 1 amide bonds. The highest BCUT2D eigenvalue weighted by molar-refractivity contribution is 5.95. The zero-order chi connectivity index (χ0) is 24.3. The zero-order valence-electron chi connectivity index (χ0n) is 18.5. The van der Waals surface area contributed by atoms with Crippen LogP contribution in [0.4, 0.5) is 13.2 Å². The van der Waals surface area contributed by atoms with E-state index in [4.69, 9.17) is 9.47 Å². The summed E-state index contributed by atoms with van der Waals surface area (Å²) < 4.78 is 51.9. The van der Waals surface area contributed by atoms with Crippen molar-refractivity contribution < 1.29 is 27.4 Å². The van der Waals surface area contributed by atoms with E-state index in [0.717, 1.165) is 24.2 Å². The number of nitrogens with zero attached hydrogens (tertiary/aromatic N) is 2. The number of halogens is 3. The summed E-state index contributed by atoms with van der Waals surface area (Å²) in [5.74, 6) is 1.11. The van der Waals surface area contributed by atoms with Gasteiger partial charge in [-0.3, -0.25) is 9.59 Å². The second-order valence-corrected chi connectivity index (χ2v) is 9.24. The monoisotopic (exact) mass is 482 g/mol. The average molecular weight is 482 g/mol. The van der Waals surface area contributed by atoms with Gasteiger partial charge in [0.15, 0.2) is 11.5 Å². The summed E-state index contributed by atoms with van der Waals surface area (Å²) in [4.78, 5) is 28.4. The molecule has 0 spiro atoms. The van der Waals surface area contributed by atoms with Crippen molar-refractivity contribution in [3.8, 4) is 22.6 Å². The SMILES string of the molecule is O=C(c1ccc2c(c1)OCO2)N1CC2CC(C1)c1ccc(-c3cccc(C(F)(F)F)c3)c(=O)n1C2. The highest BCUT2D eigenvalue weighted by Gasteiger charge is 2.37. The molecule has 2 aromatic carbocycles. The van der Waals surface area contributed by atoms with Gasteiger partial charge in [-0.1, -0.05) is 12.1 Å². The summed E-state index contributed by atoms with van der Waals surface area (Å²) in [7, 11) is 0. The Bertz CT molecular complexity index is 1400. The van der Waals surface area contributed by atoms with Crippen LogP contribution in [0.1, 0.15) is 34.0 Å². The number of rotatable bonds is 2. The van der Waals surface area contributed by atoms with Crippen molar-refractivity contribution in [2.45, 2.75) is 25.1 Å². The molecule has 0 aliphatic carbocycles. The number of pyridine rings is 1. The Labute approximate surface area is 198 Å². The number of hydrogen-bond donors (Lipinski definition) is 0. The number of benzene rings is 2. The molecule has 0 radical (unpaired) electrons. The Balaban J connectivity index is 1.29. The van der Waals surface area contributed by atoms with Gasteiger partial charge in [0, 0.05) is 42.4 Å². The lowest BCUT2D eigenvalue weighted by molar-refractivity contribution is -0.137. The molecule has 0 N–H and O–H groups in total. The van der Waals surface area contributed by atoms with Crippen LogP contribution in [-0.4, -0.2) is 35.3 Å². The summed E-state index contributed by atoms with van der Waals surface area (Å²) in [6.07, 6.45) is -3.63. The van der Waals surface area contributed by atoms with Crippen LogP contribution in [0.3, 0.4) is 0 Å². The number of fused-ring (bicyclic) bond motifs is 5. The van der Waals surface area contributed by atoms with E-state index in [1.165, 1.54) is 12.1 Å². The van der Waals surface area contributed by atoms with E-state index >= 15 is 0 Å². The number of piperidine rings is 1. The maximum absolute atomic E-state index is 13.3. The first-order valence-corrected chi connectivity index (χ1v) is 11.4. The summed E-state index contributed by atoms with van der Waals surface area (Å²) in [5.41, 5.74) is 0.735. The summed E-state index contributed by atoms with van der Waals surface area (Å²) in [6.45, 7) is 1.52. The molecule has 180 valence electrons. The van der Waals surface area contributed by atoms with Gasteiger partial charge in [0.25, 0.3) is 11.5 Å². The van der Waals surface area contributed by atoms with Gasteiger partial charge in [-0.25, -0.2) is 0 Å². The Hall–Kier alpha value is -3.75. The summed E-state index contributed by atoms with van der Waals surface area (Å²) >= 11 is 0. The zero-order valence-corrected chi connectivity index (χ0v) is 18.5. The Morgan fingerprint density at radius 1 is 0.943 bits per heavy atom. The van der Waals surface area contributed by atoms with Crippen molar-refractivity contribution in [1.82, 2.24) is 9.47 Å². The number of likely N-dealkylation sites (tertiary alicyclic amines) is 1. The van der Waals surface area contributed by atoms with Crippen LogP contribution >= 0.6 is 0 Å². The molecular formula is C26H21F3N2O4. The molecule has 6 nitrogen and oxygen atoms in total. The van der Waals surface area contributed by atoms with E-state index in [1.54, 1.807) is 28.8 Å². The van der Waals surface area contributed by atoms with Gasteiger partial charge in [-0.15, -0.1) is 0 Å². The van der Waals surface area contributed by atoms with Crippen molar-refractivity contribution in [3.63, 3.8) is 0 Å². The van der Waals surface area contributed by atoms with Gasteiger partial charge in [-0.2, -0.15) is 13.2 Å². The highest BCUT2D eigenvalue weighted by atomic mass is 19.4. The molecular weight excluding hydrogens is 461 g/mol. The number of amides is 1. The molecule has 2 bridgehead atoms. The van der Waals surface area contributed by atoms with Crippen LogP contribution in [0.25, 0.3) is 11.1 Å². The maximum atomic E-state index is 13.3. The molecule has 2 atom stereocenters. The van der Waals surface area contributed by atoms with E-state index in [1.807, 2.05) is 11.0 Å². The first-order valence-electron chi connectivity index (χ1n) is 11.4. The average Bonchev–Trinajstić information content (AvgIpc) is 3.32. The van der Waals surface area contributed by atoms with Gasteiger partial charge >= 0.3 is 6.18 Å². The molecule has 35 heavy (non-hydrogen) atoms. The highest BCUT2D eigenvalue weighted by Crippen LogP contribution is 2.38. The van der Waals surface area contributed by atoms with Crippen LogP contribution in [0.2, 0.25) is 0 Å². The summed E-state index contributed by atoms with van der Waals surface area (Å²) in [6, 6.07) is 13.4. The second-order valence-electron chi connectivity index (χ2n) is 9.24. The fourth-order valence-corrected chi connectivity index (χ4v) is 5.41. The third-order valence-electron chi connectivity index (χ3n) is 7.01. The smallest absolute Gasteiger partial charge is 0.416 e. The van der Waals surface area contributed by atoms with Crippen LogP contribution in [0, 0.1) is 5.92 Å². The molecule has 3 aliphatic heterocycles. The predicted octanol–water partition coefficient (Wildman–Crippen LogP) is 4.52. The third-order valence-corrected chi connectivity index (χ3v) is 7.01. The van der Waals surface area contributed by atoms with Crippen molar-refractivity contribution in [3.05, 3.63) is 81.8 Å². The number of carbonyl (C=O) groups excluding carboxylic acids is 1. The first kappa shape index (κ1) is 21.8. The van der Waals surface area contributed by atoms with Gasteiger partial charge in [0.1, 0.15) is 0 Å². The number of hydrogen-bond acceptors (Lipinski definition) is 4. The van der Waals surface area contributed by atoms with Crippen LogP contribution in [0.15, 0.2) is 59.4 Å². The van der Waals surface area contributed by atoms with Crippen LogP contribution < -0.4 is 15.0 Å². The predicted molar refractivity (Wildman–Crippen MR) is 120 cm³/mol. The first-order chi connectivity index (χ1) is 16.8. The quantitative estimate of drug-likeness (QED) is 0.539. The number of ether oxygens (including phenoxy) is 2. The standard InChI is InChI=1S/C26H21F3N2O4/c27-26(28,29)19-3-1-2-16(9-19)20-5-6-21-18-8-15(12-31(21)25(20)33)11-30(13-18)24(32)17-4-7-22-23(10-17)35-14-34-22/h1-7,9-10,15,18H,8,11-14H2. The molecule has 1 fully saturated rings. The fourth-order valence-electron chi connectivity index (χ4n) is 5.41. The van der Waals surface area contributed by atoms with E-state index < -0.39 is 11.7 Å². The lowest BCUT2D eigenvalue weighted by atomic mass is 9.82. The second kappa shape index (κ2) is 7.90. The largest absolute Gasteiger partial charge is 0.454 e. The van der Waals surface area contributed by atoms with E-state index in [9.17, 15) is 22.8 Å². The molecule has 6 rings (SSSR count). The third kappa shape index (κ3) is 3.75. The van der Waals surface area contributed by atoms with Crippen LogP contribution in [-0.2, 0) is 12.7 Å². The number of carbonyl (C=O) groups is 1. The summed E-state index contributed by atoms with van der Waals surface area (Å²) in [5, 5.41) is 0. The maximum Gasteiger partial charge on any atom is 0.416 e. The molecule has 1 aromatic heterocycles. The lowest BCUT2D eigenvalue weighted by Crippen LogP contribution is -2.49. The van der Waals surface area contributed by atoms with Crippen LogP contribution in [0.5, 0.6) is 11.5 Å². The van der Waals surface area contributed by atoms with Crippen molar-refractivity contribution in [2.24, 2.45) is 5.92 Å². The Morgan fingerprint density at radius 3 is 2.60 bits per heavy atom. The lowest BCUT2D eigenvalue weighted by Gasteiger charge is -2.43. The van der Waals surface area contributed by atoms with Crippen molar-refractivity contribution >= 4 is 5.91 Å². The minimum atomic E-state index is -4.48. The van der Waals surface area contributed by atoms with Crippen molar-refractivity contribution in [1.29, 1.82) is 0 Å². The minimum absolute atomic E-state index is 0.0243. The van der Waals surface area contributed by atoms with E-state index in [0.29, 0.717) is 36.7 Å². The molecule has 3 aliphatic rings. The normalized spacial score (nSPS) is 20.5. The van der Waals surface area contributed by atoms with Crippen molar-refractivity contribution in [2.75, 3.05) is 19.9 Å². The van der Waals surface area contributed by atoms with Gasteiger partial charge in [0.2, 0.25) is 6.79 Å². The Morgan fingerprint density at radius 2 is 1.77 bits per heavy atom. The number of alkyl halides is 3. The van der Waals surface area contributed by atoms with Gasteiger partial charge in [-0.05, 0) is 60.4 Å². The molecule has 0 saturated carbocycles. The fraction of sp³-hybridized carbons (Fsp3) is 0.308. The molecule has 9 heteroatoms. The van der Waals surface area contributed by atoms with Gasteiger partial charge < -0.3 is 18.9 Å². The topological polar surface area (TPSA) is 60.8 Å². The molecule has 2 unspecified atom stereocenters. The minimum Gasteiger partial charge on any atom is -0.454 e. The Kier molecular flexibility index (Phi) is 4.91. The van der Waals surface area contributed by atoms with E-state index in [-0.39, 0.29) is 41.2 Å². The molecule has 3 aromatic rings.